The lowest BCUT2D eigenvalue weighted by Crippen LogP contribution is -2.30. The van der Waals surface area contributed by atoms with Crippen LogP contribution < -0.4 is 10.6 Å². The van der Waals surface area contributed by atoms with Gasteiger partial charge in [-0.3, -0.25) is 0 Å². The summed E-state index contributed by atoms with van der Waals surface area (Å²) in [6, 6.07) is 7.80. The summed E-state index contributed by atoms with van der Waals surface area (Å²) in [6.45, 7) is 1.98. The van der Waals surface area contributed by atoms with Crippen LogP contribution in [0, 0.1) is 11.3 Å². The predicted molar refractivity (Wildman–Crippen MR) is 100 cm³/mol. The largest absolute Gasteiger partial charge is 0.383 e. The normalized spacial score (nSPS) is 14.2. The number of hydrogen-bond donors (Lipinski definition) is 2. The van der Waals surface area contributed by atoms with Crippen LogP contribution in [0.1, 0.15) is 24.8 Å². The standard InChI is InChI=1S/C19H19N7/c20-10-15-14(9-17(25-18(15)21)16-5-4-6-22-16)13-11-23-19(24-12-13)26-7-2-1-3-8-26/h4-6,9,11-12,22H,1-3,7-8H2,(H2,21,25). The van der Waals surface area contributed by atoms with Crippen molar-refractivity contribution in [3.05, 3.63) is 42.4 Å². The molecule has 130 valence electrons. The molecule has 3 N–H and O–H groups in total. The number of nitrogen functional groups attached to an aromatic ring is 1. The maximum Gasteiger partial charge on any atom is 0.225 e. The van der Waals surface area contributed by atoms with E-state index in [9.17, 15) is 5.26 Å². The van der Waals surface area contributed by atoms with Crippen LogP contribution in [-0.2, 0) is 0 Å². The Hall–Kier alpha value is -3.40. The number of anilines is 2. The van der Waals surface area contributed by atoms with Crippen LogP contribution in [0.25, 0.3) is 22.5 Å². The highest BCUT2D eigenvalue weighted by Gasteiger charge is 2.16. The molecule has 4 rings (SSSR count). The minimum Gasteiger partial charge on any atom is -0.383 e. The van der Waals surface area contributed by atoms with Crippen LogP contribution in [0.15, 0.2) is 36.8 Å². The molecule has 3 aromatic rings. The summed E-state index contributed by atoms with van der Waals surface area (Å²) in [5, 5.41) is 9.51. The van der Waals surface area contributed by atoms with E-state index in [0.29, 0.717) is 16.8 Å². The van der Waals surface area contributed by atoms with Gasteiger partial charge in [0.15, 0.2) is 0 Å². The van der Waals surface area contributed by atoms with Crippen LogP contribution in [0.3, 0.4) is 0 Å². The zero-order valence-corrected chi connectivity index (χ0v) is 14.3. The number of hydrogen-bond acceptors (Lipinski definition) is 6. The lowest BCUT2D eigenvalue weighted by Gasteiger charge is -2.26. The molecule has 3 aromatic heterocycles. The summed E-state index contributed by atoms with van der Waals surface area (Å²) in [5.41, 5.74) is 9.34. The van der Waals surface area contributed by atoms with E-state index in [-0.39, 0.29) is 5.82 Å². The lowest BCUT2D eigenvalue weighted by molar-refractivity contribution is 0.568. The molecule has 4 heterocycles. The highest BCUT2D eigenvalue weighted by Crippen LogP contribution is 2.30. The molecule has 1 fully saturated rings. The monoisotopic (exact) mass is 345 g/mol. The molecule has 0 aliphatic carbocycles. The number of aromatic nitrogens is 4. The average molecular weight is 345 g/mol. The van der Waals surface area contributed by atoms with Crippen molar-refractivity contribution in [1.29, 1.82) is 5.26 Å². The van der Waals surface area contributed by atoms with Crippen molar-refractivity contribution in [2.45, 2.75) is 19.3 Å². The van der Waals surface area contributed by atoms with E-state index in [4.69, 9.17) is 5.73 Å². The molecule has 0 saturated carbocycles. The first-order valence-corrected chi connectivity index (χ1v) is 8.68. The van der Waals surface area contributed by atoms with Gasteiger partial charge < -0.3 is 15.6 Å². The van der Waals surface area contributed by atoms with Gasteiger partial charge in [0.2, 0.25) is 5.95 Å². The van der Waals surface area contributed by atoms with Crippen LogP contribution in [0.4, 0.5) is 11.8 Å². The zero-order valence-electron chi connectivity index (χ0n) is 14.3. The molecule has 7 nitrogen and oxygen atoms in total. The fraction of sp³-hybridized carbons (Fsp3) is 0.263. The van der Waals surface area contributed by atoms with Gasteiger partial charge in [0.25, 0.3) is 0 Å². The molecule has 26 heavy (non-hydrogen) atoms. The smallest absolute Gasteiger partial charge is 0.225 e. The summed E-state index contributed by atoms with van der Waals surface area (Å²) in [7, 11) is 0. The molecule has 7 heteroatoms. The van der Waals surface area contributed by atoms with E-state index in [0.717, 1.165) is 30.3 Å². The van der Waals surface area contributed by atoms with Crippen molar-refractivity contribution in [1.82, 2.24) is 19.9 Å². The van der Waals surface area contributed by atoms with E-state index in [1.165, 1.54) is 19.3 Å². The molecule has 1 saturated heterocycles. The molecule has 0 bridgehead atoms. The Bertz CT molecular complexity index is 933. The Morgan fingerprint density at radius 3 is 2.58 bits per heavy atom. The fourth-order valence-corrected chi connectivity index (χ4v) is 3.26. The molecule has 0 radical (unpaired) electrons. The summed E-state index contributed by atoms with van der Waals surface area (Å²) in [4.78, 5) is 18.7. The van der Waals surface area contributed by atoms with Gasteiger partial charge in [0, 0.05) is 42.8 Å². The van der Waals surface area contributed by atoms with E-state index in [1.54, 1.807) is 12.4 Å². The van der Waals surface area contributed by atoms with E-state index >= 15 is 0 Å². The number of rotatable bonds is 3. The number of aromatic amines is 1. The third-order valence-corrected chi connectivity index (χ3v) is 4.62. The second kappa shape index (κ2) is 6.84. The molecule has 0 spiro atoms. The molecule has 0 atom stereocenters. The minimum absolute atomic E-state index is 0.203. The molecule has 0 amide bonds. The second-order valence-electron chi connectivity index (χ2n) is 6.33. The van der Waals surface area contributed by atoms with Crippen molar-refractivity contribution in [2.75, 3.05) is 23.7 Å². The molecule has 1 aliphatic heterocycles. The van der Waals surface area contributed by atoms with Crippen LogP contribution in [0.5, 0.6) is 0 Å². The van der Waals surface area contributed by atoms with Gasteiger partial charge in [-0.1, -0.05) is 0 Å². The Morgan fingerprint density at radius 1 is 1.15 bits per heavy atom. The minimum atomic E-state index is 0.203. The van der Waals surface area contributed by atoms with Crippen molar-refractivity contribution < 1.29 is 0 Å². The quantitative estimate of drug-likeness (QED) is 0.755. The first-order valence-electron chi connectivity index (χ1n) is 8.68. The van der Waals surface area contributed by atoms with Gasteiger partial charge in [-0.2, -0.15) is 5.26 Å². The molecule has 1 aliphatic rings. The maximum atomic E-state index is 9.51. The third-order valence-electron chi connectivity index (χ3n) is 4.62. The Morgan fingerprint density at radius 2 is 1.92 bits per heavy atom. The van der Waals surface area contributed by atoms with Gasteiger partial charge in [0.1, 0.15) is 17.5 Å². The topological polar surface area (TPSA) is 108 Å². The van der Waals surface area contributed by atoms with Crippen molar-refractivity contribution >= 4 is 11.8 Å². The van der Waals surface area contributed by atoms with E-state index in [2.05, 4.69) is 30.9 Å². The molecule has 0 unspecified atom stereocenters. The SMILES string of the molecule is N#Cc1c(-c2cnc(N3CCCCC3)nc2)cc(-c2ccc[nH]2)nc1N. The fourth-order valence-electron chi connectivity index (χ4n) is 3.26. The predicted octanol–water partition coefficient (Wildman–Crippen LogP) is 2.98. The van der Waals surface area contributed by atoms with Gasteiger partial charge in [-0.05, 0) is 37.5 Å². The number of pyridine rings is 1. The van der Waals surface area contributed by atoms with Gasteiger partial charge in [-0.15, -0.1) is 0 Å². The Kier molecular flexibility index (Phi) is 4.23. The molecular formula is C19H19N7. The van der Waals surface area contributed by atoms with Crippen LogP contribution in [-0.4, -0.2) is 33.0 Å². The zero-order chi connectivity index (χ0) is 17.9. The number of H-pyrrole nitrogens is 1. The summed E-state index contributed by atoms with van der Waals surface area (Å²) >= 11 is 0. The number of nitrogens with two attached hydrogens (primary N) is 1. The van der Waals surface area contributed by atoms with Gasteiger partial charge in [0.05, 0.1) is 11.4 Å². The number of nitrogens with zero attached hydrogens (tertiary/aromatic N) is 5. The van der Waals surface area contributed by atoms with Crippen molar-refractivity contribution in [2.24, 2.45) is 0 Å². The molecule has 0 aromatic carbocycles. The first kappa shape index (κ1) is 16.1. The Balaban J connectivity index is 1.73. The number of piperidine rings is 1. The highest BCUT2D eigenvalue weighted by molar-refractivity contribution is 5.79. The van der Waals surface area contributed by atoms with Crippen LogP contribution in [0.2, 0.25) is 0 Å². The third kappa shape index (κ3) is 2.97. The highest BCUT2D eigenvalue weighted by atomic mass is 15.2. The maximum absolute atomic E-state index is 9.51. The number of nitrogens with one attached hydrogen (secondary N) is 1. The van der Waals surface area contributed by atoms with Gasteiger partial charge >= 0.3 is 0 Å². The van der Waals surface area contributed by atoms with Crippen molar-refractivity contribution in [3.63, 3.8) is 0 Å². The Labute approximate surface area is 151 Å². The first-order chi connectivity index (χ1) is 12.8. The lowest BCUT2D eigenvalue weighted by atomic mass is 10.0. The van der Waals surface area contributed by atoms with Gasteiger partial charge in [-0.25, -0.2) is 15.0 Å². The van der Waals surface area contributed by atoms with E-state index in [1.807, 2.05) is 24.4 Å². The van der Waals surface area contributed by atoms with Crippen LogP contribution >= 0.6 is 0 Å². The average Bonchev–Trinajstić information content (AvgIpc) is 3.23. The second-order valence-corrected chi connectivity index (χ2v) is 6.33. The van der Waals surface area contributed by atoms with E-state index < -0.39 is 0 Å². The summed E-state index contributed by atoms with van der Waals surface area (Å²) < 4.78 is 0. The summed E-state index contributed by atoms with van der Waals surface area (Å²) in [5.74, 6) is 0.938. The summed E-state index contributed by atoms with van der Waals surface area (Å²) in [6.07, 6.45) is 8.93. The number of nitriles is 1. The van der Waals surface area contributed by atoms with Crippen molar-refractivity contribution in [3.8, 4) is 28.6 Å². The molecular weight excluding hydrogens is 326 g/mol.